The van der Waals surface area contributed by atoms with Crippen molar-refractivity contribution in [3.8, 4) is 22.3 Å². The van der Waals surface area contributed by atoms with Crippen molar-refractivity contribution in [1.29, 1.82) is 0 Å². The quantitative estimate of drug-likeness (QED) is 0.208. The molecule has 0 aliphatic heterocycles. The fraction of sp³-hybridized carbons (Fsp3) is 0.200. The highest BCUT2D eigenvalue weighted by atomic mass is 31.2. The number of allylic oxidation sites excluding steroid dienone is 7. The van der Waals surface area contributed by atoms with Gasteiger partial charge in [0.15, 0.2) is 0 Å². The van der Waals surface area contributed by atoms with Gasteiger partial charge in [0.25, 0.3) is 0 Å². The molecule has 0 heterocycles. The average Bonchev–Trinajstić information content (AvgIpc) is 2.88. The average molecular weight is 507 g/mol. The lowest BCUT2D eigenvalue weighted by Crippen LogP contribution is -2.01. The van der Waals surface area contributed by atoms with Crippen molar-refractivity contribution in [2.24, 2.45) is 0 Å². The van der Waals surface area contributed by atoms with Gasteiger partial charge in [-0.2, -0.15) is 0 Å². The van der Waals surface area contributed by atoms with Crippen LogP contribution in [-0.2, 0) is 4.57 Å². The van der Waals surface area contributed by atoms with Gasteiger partial charge >= 0.3 is 0 Å². The molecular formula is C35H39OP. The minimum absolute atomic E-state index is 0.605. The lowest BCUT2D eigenvalue weighted by molar-refractivity contribution is 0.584. The van der Waals surface area contributed by atoms with E-state index in [1.807, 2.05) is 31.6 Å². The summed E-state index contributed by atoms with van der Waals surface area (Å²) in [4.78, 5) is 0. The molecule has 0 radical (unpaired) electrons. The van der Waals surface area contributed by atoms with Gasteiger partial charge in [-0.1, -0.05) is 104 Å². The standard InChI is InChI=1S/C35H39OP/c1-8-11-23-33-27(5)35(32(17-9-2)26(4)34(33)29-18-13-12-14-19-29)31-21-15-20-30(25-31)28(10-3)22-16-24-37(6,7)36/h8-23,25H,1,24H2,2-7H3/b17-9-,22-16-,23-11-,28-10+. The maximum absolute atomic E-state index is 12.2. The Morgan fingerprint density at radius 1 is 0.865 bits per heavy atom. The van der Waals surface area contributed by atoms with E-state index in [2.05, 4.69) is 119 Å². The molecule has 0 spiro atoms. The Labute approximate surface area is 224 Å². The van der Waals surface area contributed by atoms with Gasteiger partial charge in [-0.25, -0.2) is 0 Å². The van der Waals surface area contributed by atoms with Crippen LogP contribution in [0.4, 0.5) is 0 Å². The van der Waals surface area contributed by atoms with Crippen molar-refractivity contribution in [2.45, 2.75) is 27.7 Å². The monoisotopic (exact) mass is 506 g/mol. The van der Waals surface area contributed by atoms with Crippen molar-refractivity contribution >= 4 is 24.9 Å². The zero-order chi connectivity index (χ0) is 27.0. The second kappa shape index (κ2) is 12.7. The molecule has 3 rings (SSSR count). The third-order valence-corrected chi connectivity index (χ3v) is 7.62. The maximum atomic E-state index is 12.2. The molecule has 0 bridgehead atoms. The summed E-state index contributed by atoms with van der Waals surface area (Å²) in [5.74, 6) is 0. The van der Waals surface area contributed by atoms with Gasteiger partial charge in [0.05, 0.1) is 7.14 Å². The summed E-state index contributed by atoms with van der Waals surface area (Å²) in [6.07, 6.45) is 17.2. The molecular weight excluding hydrogens is 467 g/mol. The van der Waals surface area contributed by atoms with Gasteiger partial charge in [-0.05, 0) is 103 Å². The van der Waals surface area contributed by atoms with Crippen LogP contribution < -0.4 is 0 Å². The highest BCUT2D eigenvalue weighted by Crippen LogP contribution is 2.42. The van der Waals surface area contributed by atoms with Gasteiger partial charge in [-0.15, -0.1) is 0 Å². The molecule has 0 aliphatic rings. The molecule has 190 valence electrons. The molecule has 3 aromatic rings. The second-order valence-electron chi connectivity index (χ2n) is 9.77. The summed E-state index contributed by atoms with van der Waals surface area (Å²) in [7, 11) is -2.09. The lowest BCUT2D eigenvalue weighted by Gasteiger charge is -2.22. The Kier molecular flexibility index (Phi) is 9.67. The zero-order valence-electron chi connectivity index (χ0n) is 23.1. The number of rotatable bonds is 9. The first-order valence-electron chi connectivity index (χ1n) is 12.8. The van der Waals surface area contributed by atoms with Crippen LogP contribution in [0.5, 0.6) is 0 Å². The SMILES string of the molecule is C=C/C=C\c1c(C)c(-c2cccc(C(/C=C\CP(C)(C)=O)=C/C)c2)c(/C=C\C)c(C)c1-c1ccccc1. The smallest absolute Gasteiger partial charge is 0.0855 e. The number of hydrogen-bond donors (Lipinski definition) is 0. The van der Waals surface area contributed by atoms with Crippen molar-refractivity contribution in [1.82, 2.24) is 0 Å². The van der Waals surface area contributed by atoms with Crippen molar-refractivity contribution in [2.75, 3.05) is 19.5 Å². The van der Waals surface area contributed by atoms with Crippen LogP contribution >= 0.6 is 7.14 Å². The number of benzene rings is 3. The molecule has 0 atom stereocenters. The first kappa shape index (κ1) is 28.2. The number of hydrogen-bond acceptors (Lipinski definition) is 1. The lowest BCUT2D eigenvalue weighted by atomic mass is 9.81. The maximum Gasteiger partial charge on any atom is 0.0855 e. The van der Waals surface area contributed by atoms with E-state index < -0.39 is 7.14 Å². The Morgan fingerprint density at radius 3 is 2.08 bits per heavy atom. The third kappa shape index (κ3) is 6.88. The zero-order valence-corrected chi connectivity index (χ0v) is 24.0. The predicted molar refractivity (Wildman–Crippen MR) is 168 cm³/mol. The van der Waals surface area contributed by atoms with Crippen LogP contribution in [-0.4, -0.2) is 19.5 Å². The molecule has 0 saturated carbocycles. The molecule has 0 aromatic heterocycles. The van der Waals surface area contributed by atoms with Gasteiger partial charge in [0.1, 0.15) is 0 Å². The van der Waals surface area contributed by atoms with Crippen LogP contribution in [0.15, 0.2) is 97.6 Å². The Hall–Kier alpha value is -3.41. The van der Waals surface area contributed by atoms with Gasteiger partial charge in [-0.3, -0.25) is 0 Å². The highest BCUT2D eigenvalue weighted by molar-refractivity contribution is 7.62. The third-order valence-electron chi connectivity index (χ3n) is 6.53. The summed E-state index contributed by atoms with van der Waals surface area (Å²) in [6, 6.07) is 19.4. The van der Waals surface area contributed by atoms with E-state index in [4.69, 9.17) is 0 Å². The molecule has 2 heteroatoms. The van der Waals surface area contributed by atoms with Crippen LogP contribution in [0.3, 0.4) is 0 Å². The first-order valence-corrected chi connectivity index (χ1v) is 15.6. The van der Waals surface area contributed by atoms with Crippen LogP contribution in [0.25, 0.3) is 40.0 Å². The van der Waals surface area contributed by atoms with E-state index in [1.54, 1.807) is 0 Å². The summed E-state index contributed by atoms with van der Waals surface area (Å²) < 4.78 is 12.2. The van der Waals surface area contributed by atoms with E-state index >= 15 is 0 Å². The first-order chi connectivity index (χ1) is 17.7. The van der Waals surface area contributed by atoms with E-state index in [0.29, 0.717) is 6.16 Å². The molecule has 0 amide bonds. The van der Waals surface area contributed by atoms with Crippen LogP contribution in [0.2, 0.25) is 0 Å². The van der Waals surface area contributed by atoms with E-state index in [9.17, 15) is 4.57 Å². The minimum Gasteiger partial charge on any atom is -0.324 e. The topological polar surface area (TPSA) is 17.1 Å². The van der Waals surface area contributed by atoms with E-state index in [0.717, 1.165) is 11.1 Å². The predicted octanol–water partition coefficient (Wildman–Crippen LogP) is 10.5. The molecule has 0 N–H and O–H groups in total. The van der Waals surface area contributed by atoms with Crippen LogP contribution in [0.1, 0.15) is 41.7 Å². The fourth-order valence-electron chi connectivity index (χ4n) is 4.79. The minimum atomic E-state index is -2.09. The van der Waals surface area contributed by atoms with E-state index in [-0.39, 0.29) is 0 Å². The van der Waals surface area contributed by atoms with Gasteiger partial charge < -0.3 is 4.57 Å². The molecule has 3 aromatic carbocycles. The van der Waals surface area contributed by atoms with Gasteiger partial charge in [0, 0.05) is 6.16 Å². The Bertz CT molecular complexity index is 1430. The normalized spacial score (nSPS) is 12.8. The molecule has 0 unspecified atom stereocenters. The van der Waals surface area contributed by atoms with Crippen molar-refractivity contribution < 1.29 is 4.57 Å². The van der Waals surface area contributed by atoms with Crippen molar-refractivity contribution in [3.05, 3.63) is 125 Å². The molecule has 1 nitrogen and oxygen atoms in total. The highest BCUT2D eigenvalue weighted by Gasteiger charge is 2.19. The summed E-state index contributed by atoms with van der Waals surface area (Å²) >= 11 is 0. The van der Waals surface area contributed by atoms with E-state index in [1.165, 1.54) is 44.5 Å². The molecule has 0 aliphatic carbocycles. The summed E-state index contributed by atoms with van der Waals surface area (Å²) in [6.45, 7) is 16.1. The fourth-order valence-corrected chi connectivity index (χ4v) is 5.40. The van der Waals surface area contributed by atoms with Crippen LogP contribution in [0, 0.1) is 13.8 Å². The second-order valence-corrected chi connectivity index (χ2v) is 13.3. The largest absolute Gasteiger partial charge is 0.324 e. The molecule has 37 heavy (non-hydrogen) atoms. The van der Waals surface area contributed by atoms with Gasteiger partial charge in [0.2, 0.25) is 0 Å². The Balaban J connectivity index is 2.28. The summed E-state index contributed by atoms with van der Waals surface area (Å²) in [5.41, 5.74) is 12.1. The van der Waals surface area contributed by atoms with Crippen molar-refractivity contribution in [3.63, 3.8) is 0 Å². The molecule has 0 saturated heterocycles. The molecule has 0 fully saturated rings. The summed E-state index contributed by atoms with van der Waals surface area (Å²) in [5, 5.41) is 0. The Morgan fingerprint density at radius 2 is 1.49 bits per heavy atom.